The first-order chi connectivity index (χ1) is 9.86. The van der Waals surface area contributed by atoms with Crippen LogP contribution in [0.15, 0.2) is 18.2 Å². The van der Waals surface area contributed by atoms with Gasteiger partial charge in [-0.15, -0.1) is 0 Å². The van der Waals surface area contributed by atoms with Gasteiger partial charge in [0.25, 0.3) is 0 Å². The number of carbonyl (C=O) groups is 1. The molecule has 1 aromatic carbocycles. The molecule has 1 aliphatic rings. The Morgan fingerprint density at radius 2 is 2.24 bits per heavy atom. The van der Waals surface area contributed by atoms with Gasteiger partial charge in [0.15, 0.2) is 0 Å². The third-order valence-electron chi connectivity index (χ3n) is 2.99. The lowest BCUT2D eigenvalue weighted by atomic mass is 10.1. The molecule has 1 aliphatic heterocycles. The quantitative estimate of drug-likeness (QED) is 0.835. The van der Waals surface area contributed by atoms with Gasteiger partial charge in [0.1, 0.15) is 6.61 Å². The van der Waals surface area contributed by atoms with Crippen LogP contribution in [0.5, 0.6) is 0 Å². The number of nitrogens with one attached hydrogen (secondary N) is 1. The number of rotatable bonds is 4. The summed E-state index contributed by atoms with van der Waals surface area (Å²) in [6.45, 7) is 0.836. The topological polar surface area (TPSA) is 73.6 Å². The van der Waals surface area contributed by atoms with Crippen LogP contribution in [0.4, 0.5) is 24.5 Å². The first-order valence-corrected chi connectivity index (χ1v) is 6.32. The largest absolute Gasteiger partial charge is 0.416 e. The van der Waals surface area contributed by atoms with Crippen LogP contribution in [-0.2, 0) is 20.4 Å². The summed E-state index contributed by atoms with van der Waals surface area (Å²) in [7, 11) is 0. The van der Waals surface area contributed by atoms with Crippen molar-refractivity contribution in [3.05, 3.63) is 23.8 Å². The van der Waals surface area contributed by atoms with Gasteiger partial charge in [-0.3, -0.25) is 4.79 Å². The van der Waals surface area contributed by atoms with Crippen LogP contribution < -0.4 is 11.1 Å². The number of halogens is 3. The molecule has 0 saturated carbocycles. The average molecular weight is 304 g/mol. The van der Waals surface area contributed by atoms with Gasteiger partial charge in [0.2, 0.25) is 5.91 Å². The van der Waals surface area contributed by atoms with E-state index >= 15 is 0 Å². The molecule has 0 spiro atoms. The molecule has 0 aliphatic carbocycles. The molecule has 1 saturated heterocycles. The Labute approximate surface area is 119 Å². The van der Waals surface area contributed by atoms with E-state index in [0.29, 0.717) is 13.2 Å². The van der Waals surface area contributed by atoms with Crippen molar-refractivity contribution in [2.45, 2.75) is 18.7 Å². The summed E-state index contributed by atoms with van der Waals surface area (Å²) in [4.78, 5) is 11.6. The maximum absolute atomic E-state index is 12.5. The number of amides is 1. The number of anilines is 2. The molecule has 0 radical (unpaired) electrons. The lowest BCUT2D eigenvalue weighted by Gasteiger charge is -2.13. The molecule has 1 heterocycles. The fourth-order valence-corrected chi connectivity index (χ4v) is 1.88. The first kappa shape index (κ1) is 15.6. The highest BCUT2D eigenvalue weighted by Crippen LogP contribution is 2.32. The van der Waals surface area contributed by atoms with Gasteiger partial charge in [0.05, 0.1) is 29.6 Å². The zero-order valence-electron chi connectivity index (χ0n) is 11.1. The van der Waals surface area contributed by atoms with Gasteiger partial charge in [-0.05, 0) is 24.6 Å². The van der Waals surface area contributed by atoms with Gasteiger partial charge in [-0.25, -0.2) is 0 Å². The van der Waals surface area contributed by atoms with E-state index in [1.165, 1.54) is 0 Å². The Hall–Kier alpha value is -1.80. The molecule has 1 atom stereocenters. The van der Waals surface area contributed by atoms with Crippen molar-refractivity contribution in [2.75, 3.05) is 30.9 Å². The molecule has 3 N–H and O–H groups in total. The van der Waals surface area contributed by atoms with Crippen molar-refractivity contribution in [2.24, 2.45) is 0 Å². The molecular weight excluding hydrogens is 289 g/mol. The second-order valence-electron chi connectivity index (χ2n) is 4.64. The lowest BCUT2D eigenvalue weighted by molar-refractivity contribution is -0.137. The van der Waals surface area contributed by atoms with Crippen molar-refractivity contribution in [1.29, 1.82) is 0 Å². The van der Waals surface area contributed by atoms with Crippen LogP contribution in [-0.4, -0.2) is 31.8 Å². The molecule has 1 unspecified atom stereocenters. The Morgan fingerprint density at radius 1 is 1.48 bits per heavy atom. The van der Waals surface area contributed by atoms with E-state index < -0.39 is 17.6 Å². The molecule has 0 bridgehead atoms. The van der Waals surface area contributed by atoms with Gasteiger partial charge in [-0.2, -0.15) is 13.2 Å². The Bertz CT molecular complexity index is 514. The molecule has 8 heteroatoms. The zero-order valence-corrected chi connectivity index (χ0v) is 11.1. The highest BCUT2D eigenvalue weighted by atomic mass is 19.4. The number of hydrogen-bond acceptors (Lipinski definition) is 4. The second-order valence-corrected chi connectivity index (χ2v) is 4.64. The molecule has 5 nitrogen and oxygen atoms in total. The molecule has 1 aromatic rings. The van der Waals surface area contributed by atoms with E-state index in [-0.39, 0.29) is 24.1 Å². The second kappa shape index (κ2) is 6.31. The van der Waals surface area contributed by atoms with Crippen molar-refractivity contribution < 1.29 is 27.4 Å². The number of nitrogens with two attached hydrogens (primary N) is 1. The summed E-state index contributed by atoms with van der Waals surface area (Å²) in [5.41, 5.74) is 4.62. The summed E-state index contributed by atoms with van der Waals surface area (Å²) in [5.74, 6) is -0.478. The van der Waals surface area contributed by atoms with Crippen LogP contribution >= 0.6 is 0 Å². The monoisotopic (exact) mass is 304 g/mol. The smallest absolute Gasteiger partial charge is 0.397 e. The fraction of sp³-hybridized carbons (Fsp3) is 0.462. The van der Waals surface area contributed by atoms with Crippen molar-refractivity contribution in [3.8, 4) is 0 Å². The van der Waals surface area contributed by atoms with Crippen LogP contribution in [0.3, 0.4) is 0 Å². The van der Waals surface area contributed by atoms with Gasteiger partial charge < -0.3 is 20.5 Å². The lowest BCUT2D eigenvalue weighted by Crippen LogP contribution is -2.24. The third-order valence-corrected chi connectivity index (χ3v) is 2.99. The van der Waals surface area contributed by atoms with E-state index in [4.69, 9.17) is 15.2 Å². The van der Waals surface area contributed by atoms with Gasteiger partial charge in [0, 0.05) is 6.61 Å². The van der Waals surface area contributed by atoms with Crippen molar-refractivity contribution in [1.82, 2.24) is 0 Å². The normalized spacial score (nSPS) is 18.7. The number of alkyl halides is 3. The van der Waals surface area contributed by atoms with Crippen LogP contribution in [0, 0.1) is 0 Å². The van der Waals surface area contributed by atoms with E-state index in [1.54, 1.807) is 0 Å². The minimum absolute atomic E-state index is 0.124. The average Bonchev–Trinajstić information content (AvgIpc) is 2.91. The zero-order chi connectivity index (χ0) is 15.5. The van der Waals surface area contributed by atoms with E-state index in [9.17, 15) is 18.0 Å². The molecule has 2 rings (SSSR count). The maximum Gasteiger partial charge on any atom is 0.416 e. The first-order valence-electron chi connectivity index (χ1n) is 6.32. The van der Waals surface area contributed by atoms with Gasteiger partial charge in [-0.1, -0.05) is 0 Å². The predicted molar refractivity (Wildman–Crippen MR) is 69.7 cm³/mol. The molecular formula is C13H15F3N2O3. The maximum atomic E-state index is 12.5. The number of ether oxygens (including phenoxy) is 2. The summed E-state index contributed by atoms with van der Waals surface area (Å²) in [6.07, 6.45) is -3.88. The number of carbonyl (C=O) groups excluding carboxylic acids is 1. The highest BCUT2D eigenvalue weighted by Gasteiger charge is 2.30. The van der Waals surface area contributed by atoms with E-state index in [1.807, 2.05) is 0 Å². The minimum Gasteiger partial charge on any atom is -0.397 e. The van der Waals surface area contributed by atoms with Crippen LogP contribution in [0.2, 0.25) is 0 Å². The molecule has 0 aromatic heterocycles. The van der Waals surface area contributed by atoms with Crippen molar-refractivity contribution in [3.63, 3.8) is 0 Å². The third kappa shape index (κ3) is 4.33. The summed E-state index contributed by atoms with van der Waals surface area (Å²) in [5, 5.41) is 2.42. The number of benzene rings is 1. The Morgan fingerprint density at radius 3 is 2.81 bits per heavy atom. The molecule has 116 valence electrons. The van der Waals surface area contributed by atoms with E-state index in [2.05, 4.69) is 5.32 Å². The molecule has 21 heavy (non-hydrogen) atoms. The van der Waals surface area contributed by atoms with Gasteiger partial charge >= 0.3 is 6.18 Å². The Kier molecular flexibility index (Phi) is 4.69. The molecule has 1 amide bonds. The number of hydrogen-bond donors (Lipinski definition) is 2. The minimum atomic E-state index is -4.47. The number of nitrogen functional groups attached to an aromatic ring is 1. The predicted octanol–water partition coefficient (Wildman–Crippen LogP) is 2.03. The summed E-state index contributed by atoms with van der Waals surface area (Å²) >= 11 is 0. The van der Waals surface area contributed by atoms with Crippen molar-refractivity contribution >= 4 is 17.3 Å². The molecule has 1 fully saturated rings. The van der Waals surface area contributed by atoms with E-state index in [0.717, 1.165) is 24.6 Å². The van der Waals surface area contributed by atoms with Crippen LogP contribution in [0.25, 0.3) is 0 Å². The highest BCUT2D eigenvalue weighted by molar-refractivity contribution is 5.94. The van der Waals surface area contributed by atoms with Crippen LogP contribution in [0.1, 0.15) is 12.0 Å². The Balaban J connectivity index is 1.91. The summed E-state index contributed by atoms with van der Waals surface area (Å²) < 4.78 is 47.8. The summed E-state index contributed by atoms with van der Waals surface area (Å²) in [6, 6.07) is 2.76. The SMILES string of the molecule is Nc1cc(C(F)(F)F)ccc1NC(=O)COC1CCOC1. The fourth-order valence-electron chi connectivity index (χ4n) is 1.88. The standard InChI is InChI=1S/C13H15F3N2O3/c14-13(15,16)8-1-2-11(10(17)5-8)18-12(19)7-21-9-3-4-20-6-9/h1-2,5,9H,3-4,6-7,17H2,(H,18,19).